The lowest BCUT2D eigenvalue weighted by Gasteiger charge is -2.34. The number of nitrogens with zero attached hydrogens (tertiary/aromatic N) is 2. The van der Waals surface area contributed by atoms with Gasteiger partial charge in [-0.05, 0) is 6.42 Å². The van der Waals surface area contributed by atoms with E-state index >= 15 is 0 Å². The number of carbonyl (C=O) groups excluding carboxylic acids is 1. The van der Waals surface area contributed by atoms with E-state index in [1.165, 1.54) is 0 Å². The third-order valence-corrected chi connectivity index (χ3v) is 2.63. The molecule has 1 heterocycles. The molecule has 1 fully saturated rings. The lowest BCUT2D eigenvalue weighted by Crippen LogP contribution is -2.52. The average Bonchev–Trinajstić information content (AvgIpc) is 2.27. The molecule has 2 amide bonds. The van der Waals surface area contributed by atoms with Gasteiger partial charge in [0.05, 0.1) is 0 Å². The maximum Gasteiger partial charge on any atom is 0.317 e. The van der Waals surface area contributed by atoms with Gasteiger partial charge in [-0.25, -0.2) is 4.79 Å². The lowest BCUT2D eigenvalue weighted by molar-refractivity contribution is 0.141. The number of nitrogens with one attached hydrogen (secondary N) is 1. The number of hydrogen-bond acceptors (Lipinski definition) is 3. The molecule has 0 saturated carbocycles. The number of rotatable bonds is 4. The number of urea groups is 1. The summed E-state index contributed by atoms with van der Waals surface area (Å²) in [6.07, 6.45) is 0.985. The zero-order valence-corrected chi connectivity index (χ0v) is 9.54. The molecule has 0 unspecified atom stereocenters. The van der Waals surface area contributed by atoms with Crippen LogP contribution >= 0.6 is 0 Å². The average molecular weight is 214 g/mol. The van der Waals surface area contributed by atoms with Crippen LogP contribution < -0.4 is 11.1 Å². The number of piperazine rings is 1. The molecule has 5 heteroatoms. The first-order chi connectivity index (χ1) is 7.27. The Labute approximate surface area is 91.6 Å². The van der Waals surface area contributed by atoms with Crippen molar-refractivity contribution in [1.82, 2.24) is 15.1 Å². The summed E-state index contributed by atoms with van der Waals surface area (Å²) in [7, 11) is 0. The van der Waals surface area contributed by atoms with E-state index < -0.39 is 0 Å². The molecular weight excluding hydrogens is 192 g/mol. The van der Waals surface area contributed by atoms with Crippen LogP contribution in [0.1, 0.15) is 13.3 Å². The molecule has 0 aromatic heterocycles. The molecule has 1 rings (SSSR count). The Morgan fingerprint density at radius 3 is 2.53 bits per heavy atom. The second kappa shape index (κ2) is 6.63. The summed E-state index contributed by atoms with van der Waals surface area (Å²) in [5.41, 5.74) is 5.48. The molecule has 5 nitrogen and oxygen atoms in total. The van der Waals surface area contributed by atoms with Crippen molar-refractivity contribution in [2.24, 2.45) is 5.73 Å². The van der Waals surface area contributed by atoms with E-state index in [4.69, 9.17) is 5.73 Å². The second-order valence-corrected chi connectivity index (χ2v) is 3.85. The zero-order valence-electron chi connectivity index (χ0n) is 9.54. The van der Waals surface area contributed by atoms with Gasteiger partial charge in [0.15, 0.2) is 0 Å². The third kappa shape index (κ3) is 4.05. The Morgan fingerprint density at radius 2 is 2.00 bits per heavy atom. The Morgan fingerprint density at radius 1 is 1.33 bits per heavy atom. The molecule has 0 aliphatic carbocycles. The van der Waals surface area contributed by atoms with Crippen LogP contribution in [0.5, 0.6) is 0 Å². The monoisotopic (exact) mass is 214 g/mol. The minimum Gasteiger partial charge on any atom is -0.338 e. The normalized spacial score (nSPS) is 17.9. The molecular formula is C10H22N4O. The molecule has 0 bridgehead atoms. The quantitative estimate of drug-likeness (QED) is 0.674. The van der Waals surface area contributed by atoms with Gasteiger partial charge in [-0.1, -0.05) is 6.92 Å². The first kappa shape index (κ1) is 12.3. The molecule has 88 valence electrons. The summed E-state index contributed by atoms with van der Waals surface area (Å²) in [5, 5.41) is 2.89. The highest BCUT2D eigenvalue weighted by atomic mass is 16.2. The van der Waals surface area contributed by atoms with E-state index in [2.05, 4.69) is 17.1 Å². The number of hydrogen-bond donors (Lipinski definition) is 2. The van der Waals surface area contributed by atoms with E-state index in [-0.39, 0.29) is 6.03 Å². The van der Waals surface area contributed by atoms with Crippen molar-refractivity contribution in [1.29, 1.82) is 0 Å². The van der Waals surface area contributed by atoms with E-state index in [0.717, 1.165) is 45.7 Å². The Hall–Kier alpha value is -0.810. The zero-order chi connectivity index (χ0) is 11.1. The van der Waals surface area contributed by atoms with Gasteiger partial charge in [0.25, 0.3) is 0 Å². The van der Waals surface area contributed by atoms with E-state index in [1.807, 2.05) is 4.90 Å². The van der Waals surface area contributed by atoms with Gasteiger partial charge < -0.3 is 16.0 Å². The second-order valence-electron chi connectivity index (χ2n) is 3.85. The van der Waals surface area contributed by atoms with Crippen LogP contribution in [0.2, 0.25) is 0 Å². The van der Waals surface area contributed by atoms with Crippen LogP contribution in [0, 0.1) is 0 Å². The van der Waals surface area contributed by atoms with Crippen LogP contribution in [0.3, 0.4) is 0 Å². The SMILES string of the molecule is CCCNC(=O)N1CCN(CCN)CC1. The fourth-order valence-corrected chi connectivity index (χ4v) is 1.70. The summed E-state index contributed by atoms with van der Waals surface area (Å²) in [6, 6.07) is 0.0734. The first-order valence-electron chi connectivity index (χ1n) is 5.73. The lowest BCUT2D eigenvalue weighted by atomic mass is 10.3. The van der Waals surface area contributed by atoms with Crippen LogP contribution in [0.4, 0.5) is 4.79 Å². The molecule has 1 aliphatic rings. The Balaban J connectivity index is 2.21. The number of nitrogens with two attached hydrogens (primary N) is 1. The van der Waals surface area contributed by atoms with Crippen molar-refractivity contribution >= 4 is 6.03 Å². The molecule has 0 aromatic rings. The largest absolute Gasteiger partial charge is 0.338 e. The van der Waals surface area contributed by atoms with E-state index in [9.17, 15) is 4.79 Å². The van der Waals surface area contributed by atoms with Gasteiger partial charge in [0.2, 0.25) is 0 Å². The maximum absolute atomic E-state index is 11.6. The van der Waals surface area contributed by atoms with E-state index in [0.29, 0.717) is 6.54 Å². The van der Waals surface area contributed by atoms with Crippen molar-refractivity contribution in [3.8, 4) is 0 Å². The smallest absolute Gasteiger partial charge is 0.317 e. The fraction of sp³-hybridized carbons (Fsp3) is 0.900. The molecule has 0 aromatic carbocycles. The molecule has 3 N–H and O–H groups in total. The maximum atomic E-state index is 11.6. The summed E-state index contributed by atoms with van der Waals surface area (Å²) in [6.45, 7) is 7.96. The van der Waals surface area contributed by atoms with Crippen LogP contribution in [0.15, 0.2) is 0 Å². The molecule has 0 radical (unpaired) electrons. The Kier molecular flexibility index (Phi) is 5.42. The Bertz CT molecular complexity index is 190. The van der Waals surface area contributed by atoms with Gasteiger partial charge in [-0.2, -0.15) is 0 Å². The summed E-state index contributed by atoms with van der Waals surface area (Å²) in [4.78, 5) is 15.8. The van der Waals surface area contributed by atoms with Gasteiger partial charge in [-0.15, -0.1) is 0 Å². The standard InChI is InChI=1S/C10H22N4O/c1-2-4-12-10(15)14-8-6-13(5-3-11)7-9-14/h2-9,11H2,1H3,(H,12,15). The molecule has 0 atom stereocenters. The summed E-state index contributed by atoms with van der Waals surface area (Å²) >= 11 is 0. The summed E-state index contributed by atoms with van der Waals surface area (Å²) in [5.74, 6) is 0. The van der Waals surface area contributed by atoms with Crippen molar-refractivity contribution < 1.29 is 4.79 Å². The highest BCUT2D eigenvalue weighted by molar-refractivity contribution is 5.74. The van der Waals surface area contributed by atoms with Crippen LogP contribution in [0.25, 0.3) is 0 Å². The van der Waals surface area contributed by atoms with Crippen molar-refractivity contribution in [3.05, 3.63) is 0 Å². The summed E-state index contributed by atoms with van der Waals surface area (Å²) < 4.78 is 0. The minimum absolute atomic E-state index is 0.0734. The third-order valence-electron chi connectivity index (χ3n) is 2.63. The first-order valence-corrected chi connectivity index (χ1v) is 5.73. The van der Waals surface area contributed by atoms with Crippen molar-refractivity contribution in [3.63, 3.8) is 0 Å². The molecule has 1 aliphatic heterocycles. The topological polar surface area (TPSA) is 61.6 Å². The fourth-order valence-electron chi connectivity index (χ4n) is 1.70. The highest BCUT2D eigenvalue weighted by Gasteiger charge is 2.19. The number of carbonyl (C=O) groups is 1. The van der Waals surface area contributed by atoms with Crippen molar-refractivity contribution in [2.75, 3.05) is 45.8 Å². The van der Waals surface area contributed by atoms with Gasteiger partial charge in [0, 0.05) is 45.8 Å². The molecule has 15 heavy (non-hydrogen) atoms. The highest BCUT2D eigenvalue weighted by Crippen LogP contribution is 2.00. The van der Waals surface area contributed by atoms with E-state index in [1.54, 1.807) is 0 Å². The predicted molar refractivity (Wildman–Crippen MR) is 60.8 cm³/mol. The van der Waals surface area contributed by atoms with Crippen LogP contribution in [-0.4, -0.2) is 61.6 Å². The number of amides is 2. The minimum atomic E-state index is 0.0734. The van der Waals surface area contributed by atoms with Crippen LogP contribution in [-0.2, 0) is 0 Å². The van der Waals surface area contributed by atoms with Gasteiger partial charge >= 0.3 is 6.03 Å². The van der Waals surface area contributed by atoms with Gasteiger partial charge in [0.1, 0.15) is 0 Å². The molecule has 1 saturated heterocycles. The predicted octanol–water partition coefficient (Wildman–Crippen LogP) is -0.318. The van der Waals surface area contributed by atoms with Gasteiger partial charge in [-0.3, -0.25) is 4.90 Å². The molecule has 0 spiro atoms. The van der Waals surface area contributed by atoms with Crippen molar-refractivity contribution in [2.45, 2.75) is 13.3 Å².